The van der Waals surface area contributed by atoms with Crippen LogP contribution in [0.3, 0.4) is 0 Å². The fourth-order valence-corrected chi connectivity index (χ4v) is 4.44. The number of methoxy groups -OCH3 is 2. The number of ether oxygens (including phenoxy) is 2. The number of nitrogens with zero attached hydrogens (tertiary/aromatic N) is 4. The van der Waals surface area contributed by atoms with Crippen LogP contribution < -0.4 is 9.47 Å². The SMILES string of the molecule is COc1ccc(-c2nc(CC(=O)N3CCN(Cc4cc(C)no4)CC3)cs2)cc1OC. The summed E-state index contributed by atoms with van der Waals surface area (Å²) in [5, 5.41) is 6.74. The van der Waals surface area contributed by atoms with Gasteiger partial charge in [-0.25, -0.2) is 4.98 Å². The quantitative estimate of drug-likeness (QED) is 0.556. The first-order chi connectivity index (χ1) is 15.1. The van der Waals surface area contributed by atoms with Crippen LogP contribution >= 0.6 is 11.3 Å². The Hall–Kier alpha value is -2.91. The molecule has 4 rings (SSSR count). The van der Waals surface area contributed by atoms with Crippen molar-refractivity contribution in [2.45, 2.75) is 19.9 Å². The smallest absolute Gasteiger partial charge is 0.228 e. The van der Waals surface area contributed by atoms with Crippen molar-refractivity contribution in [3.63, 3.8) is 0 Å². The Bertz CT molecular complexity index is 1040. The van der Waals surface area contributed by atoms with Crippen molar-refractivity contribution in [1.29, 1.82) is 0 Å². The zero-order valence-corrected chi connectivity index (χ0v) is 18.8. The highest BCUT2D eigenvalue weighted by atomic mass is 32.1. The molecule has 0 aliphatic carbocycles. The van der Waals surface area contributed by atoms with Gasteiger partial charge in [-0.1, -0.05) is 5.16 Å². The highest BCUT2D eigenvalue weighted by molar-refractivity contribution is 7.13. The number of hydrogen-bond acceptors (Lipinski definition) is 8. The molecule has 1 aliphatic heterocycles. The van der Waals surface area contributed by atoms with Gasteiger partial charge in [-0.15, -0.1) is 11.3 Å². The number of aromatic nitrogens is 2. The van der Waals surface area contributed by atoms with Gasteiger partial charge < -0.3 is 18.9 Å². The molecule has 0 unspecified atom stereocenters. The zero-order chi connectivity index (χ0) is 21.8. The summed E-state index contributed by atoms with van der Waals surface area (Å²) in [6.07, 6.45) is 0.311. The minimum atomic E-state index is 0.110. The summed E-state index contributed by atoms with van der Waals surface area (Å²) in [5.41, 5.74) is 2.62. The van der Waals surface area contributed by atoms with E-state index >= 15 is 0 Å². The van der Waals surface area contributed by atoms with Crippen LogP contribution in [-0.2, 0) is 17.8 Å². The van der Waals surface area contributed by atoms with Crippen molar-refractivity contribution < 1.29 is 18.8 Å². The number of rotatable bonds is 7. The standard InChI is InChI=1S/C22H26N4O4S/c1-15-10-18(30-24-15)13-25-6-8-26(9-7-25)21(27)12-17-14-31-22(23-17)16-4-5-19(28-2)20(11-16)29-3/h4-5,10-11,14H,6-9,12-13H2,1-3H3. The van der Waals surface area contributed by atoms with E-state index in [1.807, 2.05) is 41.5 Å². The van der Waals surface area contributed by atoms with E-state index in [-0.39, 0.29) is 5.91 Å². The van der Waals surface area contributed by atoms with Crippen LogP contribution in [0.4, 0.5) is 0 Å². The van der Waals surface area contributed by atoms with Crippen LogP contribution in [0.2, 0.25) is 0 Å². The largest absolute Gasteiger partial charge is 0.493 e. The van der Waals surface area contributed by atoms with E-state index in [9.17, 15) is 4.79 Å². The predicted molar refractivity (Wildman–Crippen MR) is 117 cm³/mol. The predicted octanol–water partition coefficient (Wildman–Crippen LogP) is 3.01. The number of carbonyl (C=O) groups is 1. The number of benzene rings is 1. The molecule has 0 radical (unpaired) electrons. The third-order valence-electron chi connectivity index (χ3n) is 5.30. The van der Waals surface area contributed by atoms with Gasteiger partial charge in [0.25, 0.3) is 0 Å². The lowest BCUT2D eigenvalue weighted by molar-refractivity contribution is -0.132. The average molecular weight is 443 g/mol. The summed E-state index contributed by atoms with van der Waals surface area (Å²) in [5.74, 6) is 2.31. The van der Waals surface area contributed by atoms with Gasteiger partial charge in [0, 0.05) is 43.2 Å². The molecule has 0 N–H and O–H groups in total. The van der Waals surface area contributed by atoms with E-state index in [1.54, 1.807) is 14.2 Å². The maximum atomic E-state index is 12.8. The third kappa shape index (κ3) is 5.05. The molecule has 3 aromatic rings. The Morgan fingerprint density at radius 2 is 1.90 bits per heavy atom. The Labute approximate surface area is 185 Å². The normalized spacial score (nSPS) is 14.6. The first-order valence-corrected chi connectivity index (χ1v) is 11.0. The molecule has 1 amide bonds. The molecule has 1 aromatic carbocycles. The minimum Gasteiger partial charge on any atom is -0.493 e. The van der Waals surface area contributed by atoms with Gasteiger partial charge in [0.2, 0.25) is 5.91 Å². The number of thiazole rings is 1. The Balaban J connectivity index is 1.32. The zero-order valence-electron chi connectivity index (χ0n) is 18.0. The van der Waals surface area contributed by atoms with E-state index in [1.165, 1.54) is 11.3 Å². The van der Waals surface area contributed by atoms with E-state index in [2.05, 4.69) is 15.0 Å². The van der Waals surface area contributed by atoms with Crippen LogP contribution in [0.5, 0.6) is 11.5 Å². The van der Waals surface area contributed by atoms with E-state index in [0.717, 1.165) is 47.4 Å². The van der Waals surface area contributed by atoms with Gasteiger partial charge >= 0.3 is 0 Å². The Morgan fingerprint density at radius 3 is 2.58 bits per heavy atom. The summed E-state index contributed by atoms with van der Waals surface area (Å²) in [6, 6.07) is 7.66. The number of aryl methyl sites for hydroxylation is 1. The van der Waals surface area contributed by atoms with Crippen molar-refractivity contribution in [3.05, 3.63) is 46.8 Å². The van der Waals surface area contributed by atoms with Crippen molar-refractivity contribution in [2.75, 3.05) is 40.4 Å². The molecular formula is C22H26N4O4S. The summed E-state index contributed by atoms with van der Waals surface area (Å²) < 4.78 is 16.0. The number of carbonyl (C=O) groups excluding carboxylic acids is 1. The minimum absolute atomic E-state index is 0.110. The molecule has 1 saturated heterocycles. The Kier molecular flexibility index (Phi) is 6.53. The van der Waals surface area contributed by atoms with Crippen molar-refractivity contribution >= 4 is 17.2 Å². The van der Waals surface area contributed by atoms with E-state index in [4.69, 9.17) is 14.0 Å². The van der Waals surface area contributed by atoms with E-state index < -0.39 is 0 Å². The monoisotopic (exact) mass is 442 g/mol. The highest BCUT2D eigenvalue weighted by Gasteiger charge is 2.23. The fourth-order valence-electron chi connectivity index (χ4n) is 3.62. The van der Waals surface area contributed by atoms with Crippen LogP contribution in [0.15, 0.2) is 34.2 Å². The third-order valence-corrected chi connectivity index (χ3v) is 6.24. The Morgan fingerprint density at radius 1 is 1.13 bits per heavy atom. The number of piperazine rings is 1. The topological polar surface area (TPSA) is 80.9 Å². The van der Waals surface area contributed by atoms with Crippen molar-refractivity contribution in [3.8, 4) is 22.1 Å². The van der Waals surface area contributed by atoms with Crippen molar-refractivity contribution in [1.82, 2.24) is 19.9 Å². The summed E-state index contributed by atoms with van der Waals surface area (Å²) >= 11 is 1.52. The molecule has 1 fully saturated rings. The van der Waals surface area contributed by atoms with E-state index in [0.29, 0.717) is 31.0 Å². The highest BCUT2D eigenvalue weighted by Crippen LogP contribution is 2.33. The second-order valence-electron chi connectivity index (χ2n) is 7.48. The van der Waals surface area contributed by atoms with Gasteiger partial charge in [-0.3, -0.25) is 9.69 Å². The van der Waals surface area contributed by atoms with Gasteiger partial charge in [0.15, 0.2) is 17.3 Å². The number of hydrogen-bond donors (Lipinski definition) is 0. The molecule has 0 bridgehead atoms. The maximum absolute atomic E-state index is 12.8. The maximum Gasteiger partial charge on any atom is 0.228 e. The van der Waals surface area contributed by atoms with Gasteiger partial charge in [-0.2, -0.15) is 0 Å². The summed E-state index contributed by atoms with van der Waals surface area (Å²) in [4.78, 5) is 21.6. The summed E-state index contributed by atoms with van der Waals surface area (Å²) in [7, 11) is 3.22. The lowest BCUT2D eigenvalue weighted by Crippen LogP contribution is -2.48. The molecule has 0 spiro atoms. The van der Waals surface area contributed by atoms with Gasteiger partial charge in [0.1, 0.15) is 5.01 Å². The molecule has 2 aromatic heterocycles. The van der Waals surface area contributed by atoms with Crippen LogP contribution in [0.1, 0.15) is 17.1 Å². The lowest BCUT2D eigenvalue weighted by atomic mass is 10.2. The molecule has 1 aliphatic rings. The van der Waals surface area contributed by atoms with Gasteiger partial charge in [0.05, 0.1) is 38.6 Å². The first kappa shape index (κ1) is 21.3. The number of amides is 1. The van der Waals surface area contributed by atoms with Crippen LogP contribution in [0, 0.1) is 6.92 Å². The molecule has 9 heteroatoms. The molecule has 164 valence electrons. The average Bonchev–Trinajstić information content (AvgIpc) is 3.42. The van der Waals surface area contributed by atoms with Crippen molar-refractivity contribution in [2.24, 2.45) is 0 Å². The first-order valence-electron chi connectivity index (χ1n) is 10.1. The summed E-state index contributed by atoms with van der Waals surface area (Å²) in [6.45, 7) is 5.69. The fraction of sp³-hybridized carbons (Fsp3) is 0.409. The second-order valence-corrected chi connectivity index (χ2v) is 8.34. The molecule has 0 atom stereocenters. The molecular weight excluding hydrogens is 416 g/mol. The molecule has 0 saturated carbocycles. The molecule has 31 heavy (non-hydrogen) atoms. The second kappa shape index (κ2) is 9.49. The van der Waals surface area contributed by atoms with Crippen LogP contribution in [0.25, 0.3) is 10.6 Å². The molecule has 8 nitrogen and oxygen atoms in total. The lowest BCUT2D eigenvalue weighted by Gasteiger charge is -2.34. The van der Waals surface area contributed by atoms with Gasteiger partial charge in [-0.05, 0) is 25.1 Å². The molecule has 3 heterocycles. The van der Waals surface area contributed by atoms with Crippen LogP contribution in [-0.4, -0.2) is 66.2 Å².